The second-order valence-corrected chi connectivity index (χ2v) is 7.72. The van der Waals surface area contributed by atoms with Gasteiger partial charge in [0.25, 0.3) is 0 Å². The average Bonchev–Trinajstić information content (AvgIpc) is 1.30. The van der Waals surface area contributed by atoms with E-state index in [0.717, 1.165) is 0 Å². The van der Waals surface area contributed by atoms with Gasteiger partial charge in [0.1, 0.15) is 0 Å². The molecule has 0 radical (unpaired) electrons. The van der Waals surface area contributed by atoms with E-state index in [9.17, 15) is 4.39 Å². The molecule has 2 heteroatoms. The van der Waals surface area contributed by atoms with Gasteiger partial charge in [-0.2, -0.15) is 0 Å². The van der Waals surface area contributed by atoms with Crippen molar-refractivity contribution >= 4 is 8.07 Å². The predicted octanol–water partition coefficient (Wildman–Crippen LogP) is 2.35. The molecular weight excluding hydrogens is 107 g/mol. The van der Waals surface area contributed by atoms with E-state index in [1.54, 1.807) is 5.70 Å². The molecule has 0 saturated carbocycles. The van der Waals surface area contributed by atoms with Crippen LogP contribution in [0.15, 0.2) is 12.0 Å². The average molecular weight is 118 g/mol. The fourth-order valence-corrected chi connectivity index (χ4v) is 0.567. The van der Waals surface area contributed by atoms with Gasteiger partial charge in [-0.3, -0.25) is 0 Å². The third-order valence-corrected chi connectivity index (χ3v) is 1.69. The Kier molecular flexibility index (Phi) is 2.22. The van der Waals surface area contributed by atoms with E-state index in [1.165, 1.54) is 0 Å². The molecule has 0 aromatic carbocycles. The van der Waals surface area contributed by atoms with Gasteiger partial charge < -0.3 is 0 Å². The van der Waals surface area contributed by atoms with Crippen LogP contribution in [-0.4, -0.2) is 8.07 Å². The van der Waals surface area contributed by atoms with E-state index < -0.39 is 8.07 Å². The van der Waals surface area contributed by atoms with Crippen molar-refractivity contribution in [3.05, 3.63) is 12.0 Å². The third-order valence-electron chi connectivity index (χ3n) is 0.563. The molecule has 0 spiro atoms. The molecule has 0 aliphatic heterocycles. The van der Waals surface area contributed by atoms with Crippen LogP contribution in [0.25, 0.3) is 0 Å². The van der Waals surface area contributed by atoms with E-state index in [2.05, 4.69) is 19.6 Å². The largest absolute Gasteiger partial charge is 0.216 e. The van der Waals surface area contributed by atoms with Crippen LogP contribution in [0.4, 0.5) is 4.39 Å². The summed E-state index contributed by atoms with van der Waals surface area (Å²) in [5, 5.41) is 0. The van der Waals surface area contributed by atoms with Crippen LogP contribution in [0.2, 0.25) is 19.6 Å². The molecule has 0 unspecified atom stereocenters. The molecule has 0 aliphatic rings. The Balaban J connectivity index is 3.56. The second kappa shape index (κ2) is 2.26. The van der Waals surface area contributed by atoms with Crippen molar-refractivity contribution in [1.82, 2.24) is 0 Å². The smallest absolute Gasteiger partial charge is 0.0788 e. The van der Waals surface area contributed by atoms with Crippen LogP contribution in [0.3, 0.4) is 0 Å². The summed E-state index contributed by atoms with van der Waals surface area (Å²) in [4.78, 5) is 0. The molecule has 0 amide bonds. The van der Waals surface area contributed by atoms with Crippen LogP contribution in [-0.2, 0) is 0 Å². The normalized spacial score (nSPS) is 13.1. The van der Waals surface area contributed by atoms with Crippen LogP contribution in [0.5, 0.6) is 0 Å². The van der Waals surface area contributed by atoms with Gasteiger partial charge in [-0.25, -0.2) is 4.39 Å². The molecule has 0 rings (SSSR count). The zero-order chi connectivity index (χ0) is 5.91. The van der Waals surface area contributed by atoms with Crippen LogP contribution < -0.4 is 0 Å². The van der Waals surface area contributed by atoms with E-state index in [-0.39, 0.29) is 0 Å². The summed E-state index contributed by atoms with van der Waals surface area (Å²) in [6.45, 7) is 6.26. The van der Waals surface area contributed by atoms with Crippen molar-refractivity contribution in [3.63, 3.8) is 0 Å². The van der Waals surface area contributed by atoms with Crippen LogP contribution in [0, 0.1) is 0 Å². The molecule has 0 nitrogen and oxygen atoms in total. The highest BCUT2D eigenvalue weighted by Crippen LogP contribution is 2.00. The second-order valence-electron chi connectivity index (χ2n) is 2.66. The molecule has 0 aromatic rings. The maximum Gasteiger partial charge on any atom is 0.0788 e. The van der Waals surface area contributed by atoms with Crippen LogP contribution >= 0.6 is 0 Å². The Morgan fingerprint density at radius 2 is 1.71 bits per heavy atom. The minimum Gasteiger partial charge on any atom is -0.216 e. The first-order valence-corrected chi connectivity index (χ1v) is 5.92. The lowest BCUT2D eigenvalue weighted by atomic mass is 11.2. The summed E-state index contributed by atoms with van der Waals surface area (Å²) < 4.78 is 11.3. The first kappa shape index (κ1) is 6.89. The van der Waals surface area contributed by atoms with Crippen molar-refractivity contribution in [3.8, 4) is 0 Å². The lowest BCUT2D eigenvalue weighted by molar-refractivity contribution is 0.722. The van der Waals surface area contributed by atoms with E-state index in [0.29, 0.717) is 6.33 Å². The number of rotatable bonds is 1. The maximum absolute atomic E-state index is 11.3. The number of hydrogen-bond acceptors (Lipinski definition) is 0. The van der Waals surface area contributed by atoms with Gasteiger partial charge >= 0.3 is 0 Å². The minimum atomic E-state index is -1.21. The van der Waals surface area contributed by atoms with Gasteiger partial charge in [0.15, 0.2) is 0 Å². The maximum atomic E-state index is 11.3. The van der Waals surface area contributed by atoms with Crippen molar-refractivity contribution in [2.24, 2.45) is 0 Å². The molecule has 0 heterocycles. The molecule has 0 bridgehead atoms. The minimum absolute atomic E-state index is 0.645. The van der Waals surface area contributed by atoms with Crippen LogP contribution in [0.1, 0.15) is 0 Å². The number of halogens is 1. The summed E-state index contributed by atoms with van der Waals surface area (Å²) >= 11 is 0. The standard InChI is InChI=1S/C5H11FSi/c1-7(2,3)5-4-6/h4-5H,1-3H3/b5-4-. The molecule has 0 saturated heterocycles. The molecule has 42 valence electrons. The van der Waals surface area contributed by atoms with Gasteiger partial charge in [-0.15, -0.1) is 0 Å². The van der Waals surface area contributed by atoms with Gasteiger partial charge in [0.2, 0.25) is 0 Å². The van der Waals surface area contributed by atoms with Gasteiger partial charge in [0.05, 0.1) is 14.4 Å². The topological polar surface area (TPSA) is 0 Å². The lowest BCUT2D eigenvalue weighted by Crippen LogP contribution is -2.14. The first-order chi connectivity index (χ1) is 3.06. The highest BCUT2D eigenvalue weighted by Gasteiger charge is 2.05. The summed E-state index contributed by atoms with van der Waals surface area (Å²) in [6.07, 6.45) is 0.645. The van der Waals surface area contributed by atoms with Gasteiger partial charge in [-0.05, 0) is 0 Å². The summed E-state index contributed by atoms with van der Waals surface area (Å²) in [5.41, 5.74) is 1.66. The first-order valence-electron chi connectivity index (χ1n) is 2.34. The Bertz CT molecular complexity index is 70.6. The zero-order valence-electron chi connectivity index (χ0n) is 5.03. The Morgan fingerprint density at radius 1 is 1.29 bits per heavy atom. The third kappa shape index (κ3) is 5.89. The van der Waals surface area contributed by atoms with E-state index in [4.69, 9.17) is 0 Å². The molecule has 0 N–H and O–H groups in total. The van der Waals surface area contributed by atoms with E-state index in [1.807, 2.05) is 0 Å². The summed E-state index contributed by atoms with van der Waals surface area (Å²) in [5.74, 6) is 0. The lowest BCUT2D eigenvalue weighted by Gasteiger charge is -2.04. The quantitative estimate of drug-likeness (QED) is 0.464. The molecule has 0 aliphatic carbocycles. The Morgan fingerprint density at radius 3 is 1.71 bits per heavy atom. The van der Waals surface area contributed by atoms with Crippen molar-refractivity contribution < 1.29 is 4.39 Å². The van der Waals surface area contributed by atoms with Crippen molar-refractivity contribution in [1.29, 1.82) is 0 Å². The fraction of sp³-hybridized carbons (Fsp3) is 0.600. The molecule has 7 heavy (non-hydrogen) atoms. The highest BCUT2D eigenvalue weighted by atomic mass is 28.3. The Hall–Kier alpha value is -0.113. The zero-order valence-corrected chi connectivity index (χ0v) is 6.03. The Labute approximate surface area is 45.1 Å². The van der Waals surface area contributed by atoms with Crippen molar-refractivity contribution in [2.75, 3.05) is 0 Å². The highest BCUT2D eigenvalue weighted by molar-refractivity contribution is 6.80. The van der Waals surface area contributed by atoms with Crippen molar-refractivity contribution in [2.45, 2.75) is 19.6 Å². The predicted molar refractivity (Wildman–Crippen MR) is 33.6 cm³/mol. The summed E-state index contributed by atoms with van der Waals surface area (Å²) in [6, 6.07) is 0. The molecule has 0 atom stereocenters. The molecule has 0 aromatic heterocycles. The monoisotopic (exact) mass is 118 g/mol. The van der Waals surface area contributed by atoms with E-state index >= 15 is 0 Å². The number of hydrogen-bond donors (Lipinski definition) is 0. The molecular formula is C5H11FSi. The summed E-state index contributed by atoms with van der Waals surface area (Å²) in [7, 11) is -1.21. The van der Waals surface area contributed by atoms with Gasteiger partial charge in [-0.1, -0.05) is 25.3 Å². The molecule has 0 fully saturated rings. The van der Waals surface area contributed by atoms with Gasteiger partial charge in [0, 0.05) is 0 Å². The fourth-order valence-electron chi connectivity index (χ4n) is 0.189. The SMILES string of the molecule is C[Si](C)(C)/C=C\F.